The van der Waals surface area contributed by atoms with Gasteiger partial charge in [0, 0.05) is 5.92 Å². The highest BCUT2D eigenvalue weighted by Crippen LogP contribution is 2.33. The molecule has 0 aliphatic heterocycles. The number of ether oxygens (including phenoxy) is 3. The maximum atomic E-state index is 6.05. The Labute approximate surface area is 226 Å². The van der Waals surface area contributed by atoms with E-state index in [2.05, 4.69) is 135 Å². The third-order valence-corrected chi connectivity index (χ3v) is 5.20. The van der Waals surface area contributed by atoms with Crippen LogP contribution in [0.15, 0.2) is 72.8 Å². The minimum absolute atomic E-state index is 0.205. The molecule has 0 heterocycles. The van der Waals surface area contributed by atoms with Gasteiger partial charge in [-0.1, -0.05) is 50.2 Å². The van der Waals surface area contributed by atoms with E-state index in [0.29, 0.717) is 0 Å². The summed E-state index contributed by atoms with van der Waals surface area (Å²) in [5.74, 6) is 2.87. The second-order valence-corrected chi connectivity index (χ2v) is 12.2. The molecule has 202 valence electrons. The first-order valence-corrected chi connectivity index (χ1v) is 13.5. The molecule has 3 nitrogen and oxygen atoms in total. The molecule has 0 aliphatic rings. The van der Waals surface area contributed by atoms with Crippen LogP contribution in [0.25, 0.3) is 0 Å². The zero-order chi connectivity index (χ0) is 27.9. The zero-order valence-electron chi connectivity index (χ0n) is 24.9. The van der Waals surface area contributed by atoms with Gasteiger partial charge in [-0.3, -0.25) is 0 Å². The van der Waals surface area contributed by atoms with E-state index in [1.54, 1.807) is 0 Å². The molecule has 0 spiro atoms. The average molecular weight is 505 g/mol. The molecule has 3 aromatic rings. The third kappa shape index (κ3) is 10.9. The Morgan fingerprint density at radius 1 is 0.459 bits per heavy atom. The molecule has 0 aromatic heterocycles. The van der Waals surface area contributed by atoms with Gasteiger partial charge in [0.1, 0.15) is 34.1 Å². The fourth-order valence-electron chi connectivity index (χ4n) is 3.95. The summed E-state index contributed by atoms with van der Waals surface area (Å²) in [6.07, 6.45) is 0.884. The van der Waals surface area contributed by atoms with Crippen molar-refractivity contribution < 1.29 is 14.2 Å². The normalized spacial score (nSPS) is 12.0. The van der Waals surface area contributed by atoms with Gasteiger partial charge in [0.05, 0.1) is 0 Å². The average Bonchev–Trinajstić information content (AvgIpc) is 2.78. The molecule has 0 radical (unpaired) electrons. The van der Waals surface area contributed by atoms with Crippen molar-refractivity contribution in [2.45, 2.75) is 105 Å². The molecule has 0 amide bonds. The Morgan fingerprint density at radius 2 is 0.730 bits per heavy atom. The highest BCUT2D eigenvalue weighted by atomic mass is 16.5. The molecule has 3 rings (SSSR count). The van der Waals surface area contributed by atoms with Crippen molar-refractivity contribution >= 4 is 0 Å². The number of hydrogen-bond acceptors (Lipinski definition) is 3. The Hall–Kier alpha value is -2.94. The fourth-order valence-corrected chi connectivity index (χ4v) is 3.95. The first-order chi connectivity index (χ1) is 17.2. The van der Waals surface area contributed by atoms with E-state index in [0.717, 1.165) is 23.7 Å². The molecule has 0 aliphatic carbocycles. The molecule has 0 saturated heterocycles. The maximum absolute atomic E-state index is 6.05. The molecule has 3 aromatic carbocycles. The summed E-state index contributed by atoms with van der Waals surface area (Å²) >= 11 is 0. The van der Waals surface area contributed by atoms with E-state index in [9.17, 15) is 0 Å². The van der Waals surface area contributed by atoms with E-state index in [1.165, 1.54) is 16.7 Å². The number of hydrogen-bond donors (Lipinski definition) is 0. The van der Waals surface area contributed by atoms with Crippen molar-refractivity contribution in [3.63, 3.8) is 0 Å². The van der Waals surface area contributed by atoms with Gasteiger partial charge in [-0.05, 0) is 122 Å². The Kier molecular flexibility index (Phi) is 10.3. The topological polar surface area (TPSA) is 27.7 Å². The van der Waals surface area contributed by atoms with Crippen molar-refractivity contribution in [2.75, 3.05) is 0 Å². The van der Waals surface area contributed by atoms with Crippen molar-refractivity contribution in [3.8, 4) is 17.2 Å². The van der Waals surface area contributed by atoms with Crippen LogP contribution in [0.5, 0.6) is 17.2 Å². The monoisotopic (exact) mass is 504 g/mol. The van der Waals surface area contributed by atoms with Crippen molar-refractivity contribution in [1.29, 1.82) is 0 Å². The second-order valence-electron chi connectivity index (χ2n) is 12.2. The lowest BCUT2D eigenvalue weighted by molar-refractivity contribution is 0.130. The highest BCUT2D eigenvalue weighted by Gasteiger charge is 2.19. The van der Waals surface area contributed by atoms with E-state index in [4.69, 9.17) is 14.2 Å². The van der Waals surface area contributed by atoms with Crippen molar-refractivity contribution in [1.82, 2.24) is 0 Å². The third-order valence-electron chi connectivity index (χ3n) is 5.20. The summed E-state index contributed by atoms with van der Waals surface area (Å²) in [5.41, 5.74) is 3.12. The van der Waals surface area contributed by atoms with Gasteiger partial charge in [0.25, 0.3) is 0 Å². The first-order valence-electron chi connectivity index (χ1n) is 13.5. The standard InChI is InChI=1S/C32H42O3.C2H6/c1-30(2,3)33-26-16-10-23(11-17-26)22-29(24-12-18-27(19-13-24)34-31(4,5)6)25-14-20-28(21-15-25)35-32(7,8)9;1-2/h10-21,29H,22H2,1-9H3;1-2H3. The van der Waals surface area contributed by atoms with Crippen LogP contribution in [-0.2, 0) is 6.42 Å². The fraction of sp³-hybridized carbons (Fsp3) is 0.471. The Balaban J connectivity index is 0.00000235. The molecule has 0 fully saturated rings. The van der Waals surface area contributed by atoms with Crippen LogP contribution < -0.4 is 14.2 Å². The van der Waals surface area contributed by atoms with Gasteiger partial charge in [0.2, 0.25) is 0 Å². The van der Waals surface area contributed by atoms with E-state index in [-0.39, 0.29) is 22.7 Å². The molecular weight excluding hydrogens is 456 g/mol. The quantitative estimate of drug-likeness (QED) is 0.320. The predicted molar refractivity (Wildman–Crippen MR) is 157 cm³/mol. The minimum atomic E-state index is -0.222. The van der Waals surface area contributed by atoms with Gasteiger partial charge in [-0.25, -0.2) is 0 Å². The molecule has 0 saturated carbocycles. The second kappa shape index (κ2) is 12.5. The van der Waals surface area contributed by atoms with Gasteiger partial charge >= 0.3 is 0 Å². The SMILES string of the molecule is CC.CC(C)(C)Oc1ccc(CC(c2ccc(OC(C)(C)C)cc2)c2ccc(OC(C)(C)C)cc2)cc1. The van der Waals surface area contributed by atoms with Crippen LogP contribution in [0.1, 0.15) is 98.8 Å². The van der Waals surface area contributed by atoms with Crippen LogP contribution in [0.4, 0.5) is 0 Å². The summed E-state index contributed by atoms with van der Waals surface area (Å²) < 4.78 is 18.1. The lowest BCUT2D eigenvalue weighted by atomic mass is 9.86. The molecule has 0 unspecified atom stereocenters. The number of benzene rings is 3. The lowest BCUT2D eigenvalue weighted by Crippen LogP contribution is -2.23. The van der Waals surface area contributed by atoms with Crippen LogP contribution in [0, 0.1) is 0 Å². The molecule has 0 bridgehead atoms. The summed E-state index contributed by atoms with van der Waals surface area (Å²) in [4.78, 5) is 0. The van der Waals surface area contributed by atoms with E-state index < -0.39 is 0 Å². The minimum Gasteiger partial charge on any atom is -0.488 e. The van der Waals surface area contributed by atoms with Gasteiger partial charge in [-0.2, -0.15) is 0 Å². The van der Waals surface area contributed by atoms with Crippen molar-refractivity contribution in [2.24, 2.45) is 0 Å². The summed E-state index contributed by atoms with van der Waals surface area (Å²) in [6.45, 7) is 22.6. The largest absolute Gasteiger partial charge is 0.488 e. The molecule has 3 heteroatoms. The Bertz CT molecular complexity index is 999. The Morgan fingerprint density at radius 3 is 1.00 bits per heavy atom. The smallest absolute Gasteiger partial charge is 0.120 e. The zero-order valence-corrected chi connectivity index (χ0v) is 24.9. The van der Waals surface area contributed by atoms with Crippen LogP contribution >= 0.6 is 0 Å². The lowest BCUT2D eigenvalue weighted by Gasteiger charge is -2.24. The van der Waals surface area contributed by atoms with Crippen molar-refractivity contribution in [3.05, 3.63) is 89.5 Å². The predicted octanol–water partition coefficient (Wildman–Crippen LogP) is 9.62. The first kappa shape index (κ1) is 30.3. The van der Waals surface area contributed by atoms with Gasteiger partial charge in [0.15, 0.2) is 0 Å². The summed E-state index contributed by atoms with van der Waals surface area (Å²) in [7, 11) is 0. The molecule has 0 N–H and O–H groups in total. The number of rotatable bonds is 7. The van der Waals surface area contributed by atoms with Crippen LogP contribution in [-0.4, -0.2) is 16.8 Å². The van der Waals surface area contributed by atoms with Crippen LogP contribution in [0.3, 0.4) is 0 Å². The molecule has 37 heavy (non-hydrogen) atoms. The molecule has 0 atom stereocenters. The van der Waals surface area contributed by atoms with Gasteiger partial charge < -0.3 is 14.2 Å². The summed E-state index contributed by atoms with van der Waals surface area (Å²) in [5, 5.41) is 0. The molecular formula is C34H48O3. The maximum Gasteiger partial charge on any atom is 0.120 e. The van der Waals surface area contributed by atoms with Gasteiger partial charge in [-0.15, -0.1) is 0 Å². The van der Waals surface area contributed by atoms with E-state index >= 15 is 0 Å². The summed E-state index contributed by atoms with van der Waals surface area (Å²) in [6, 6.07) is 25.5. The van der Waals surface area contributed by atoms with E-state index in [1.807, 2.05) is 13.8 Å². The van der Waals surface area contributed by atoms with Crippen LogP contribution in [0.2, 0.25) is 0 Å². The highest BCUT2D eigenvalue weighted by molar-refractivity contribution is 5.40.